The number of unbranched alkanes of at least 4 members (excludes halogenated alkanes) is 2. The van der Waals surface area contributed by atoms with E-state index < -0.39 is 0 Å². The molecule has 1 aromatic rings. The number of esters is 1. The number of hydrogen-bond acceptors (Lipinski definition) is 3. The summed E-state index contributed by atoms with van der Waals surface area (Å²) < 4.78 is 4.87. The summed E-state index contributed by atoms with van der Waals surface area (Å²) in [5.74, 6) is 0.0307. The van der Waals surface area contributed by atoms with Crippen LogP contribution in [0.1, 0.15) is 75.7 Å². The third-order valence-electron chi connectivity index (χ3n) is 3.66. The lowest BCUT2D eigenvalue weighted by atomic mass is 9.86. The van der Waals surface area contributed by atoms with Crippen molar-refractivity contribution >= 4 is 11.8 Å². The lowest BCUT2D eigenvalue weighted by Crippen LogP contribution is -2.11. The van der Waals surface area contributed by atoms with Crippen LogP contribution in [0.25, 0.3) is 0 Å². The van der Waals surface area contributed by atoms with Gasteiger partial charge in [0.1, 0.15) is 0 Å². The van der Waals surface area contributed by atoms with Gasteiger partial charge in [-0.15, -0.1) is 0 Å². The Balaban J connectivity index is 2.32. The molecule has 0 aliphatic heterocycles. The van der Waals surface area contributed by atoms with E-state index in [1.54, 1.807) is 0 Å². The lowest BCUT2D eigenvalue weighted by molar-refractivity contribution is -0.143. The number of Topliss-reactive ketones (excluding diaryl/α,β-unsaturated/α-hetero) is 1. The molecule has 1 rings (SSSR count). The average molecular weight is 304 g/mol. The summed E-state index contributed by atoms with van der Waals surface area (Å²) in [5.41, 5.74) is 2.12. The standard InChI is InChI=1S/C19H28O3/c1-5-22-18(21)10-8-6-7-9-17(20)15-11-13-16(14-12-15)19(2,3)4/h11-14H,5-10H2,1-4H3. The molecule has 0 radical (unpaired) electrons. The second kappa shape index (κ2) is 8.72. The maximum atomic E-state index is 12.1. The van der Waals surface area contributed by atoms with Gasteiger partial charge in [0.05, 0.1) is 6.61 Å². The Bertz CT molecular complexity index is 480. The van der Waals surface area contributed by atoms with Gasteiger partial charge in [-0.25, -0.2) is 0 Å². The summed E-state index contributed by atoms with van der Waals surface area (Å²) in [7, 11) is 0. The zero-order valence-electron chi connectivity index (χ0n) is 14.3. The van der Waals surface area contributed by atoms with E-state index >= 15 is 0 Å². The summed E-state index contributed by atoms with van der Waals surface area (Å²) in [5, 5.41) is 0. The Morgan fingerprint density at radius 2 is 1.55 bits per heavy atom. The fraction of sp³-hybridized carbons (Fsp3) is 0.579. The van der Waals surface area contributed by atoms with Crippen LogP contribution >= 0.6 is 0 Å². The molecule has 0 aliphatic carbocycles. The van der Waals surface area contributed by atoms with E-state index in [1.165, 1.54) is 5.56 Å². The Morgan fingerprint density at radius 1 is 0.955 bits per heavy atom. The fourth-order valence-electron chi connectivity index (χ4n) is 2.27. The van der Waals surface area contributed by atoms with E-state index in [-0.39, 0.29) is 17.2 Å². The van der Waals surface area contributed by atoms with Gasteiger partial charge in [-0.05, 0) is 30.7 Å². The molecule has 0 bridgehead atoms. The van der Waals surface area contributed by atoms with Crippen molar-refractivity contribution in [3.8, 4) is 0 Å². The van der Waals surface area contributed by atoms with E-state index in [2.05, 4.69) is 20.8 Å². The van der Waals surface area contributed by atoms with Gasteiger partial charge in [0.15, 0.2) is 5.78 Å². The third-order valence-corrected chi connectivity index (χ3v) is 3.66. The molecular weight excluding hydrogens is 276 g/mol. The Kier molecular flexibility index (Phi) is 7.30. The SMILES string of the molecule is CCOC(=O)CCCCCC(=O)c1ccc(C(C)(C)C)cc1. The predicted octanol–water partition coefficient (Wildman–Crippen LogP) is 4.68. The highest BCUT2D eigenvalue weighted by Crippen LogP contribution is 2.22. The molecule has 0 heterocycles. The molecule has 0 N–H and O–H groups in total. The number of ether oxygens (including phenoxy) is 1. The molecule has 0 unspecified atom stereocenters. The first-order chi connectivity index (χ1) is 10.3. The van der Waals surface area contributed by atoms with Crippen LogP contribution in [0.4, 0.5) is 0 Å². The molecule has 3 heteroatoms. The first-order valence-corrected chi connectivity index (χ1v) is 8.14. The van der Waals surface area contributed by atoms with Crippen molar-refractivity contribution in [2.45, 2.75) is 65.2 Å². The lowest BCUT2D eigenvalue weighted by Gasteiger charge is -2.18. The van der Waals surface area contributed by atoms with Crippen LogP contribution < -0.4 is 0 Å². The Labute approximate surface area is 134 Å². The van der Waals surface area contributed by atoms with Crippen LogP contribution in [-0.2, 0) is 14.9 Å². The minimum Gasteiger partial charge on any atom is -0.466 e. The Hall–Kier alpha value is -1.64. The normalized spacial score (nSPS) is 11.3. The van der Waals surface area contributed by atoms with Gasteiger partial charge in [-0.3, -0.25) is 9.59 Å². The maximum Gasteiger partial charge on any atom is 0.305 e. The zero-order valence-corrected chi connectivity index (χ0v) is 14.3. The summed E-state index contributed by atoms with van der Waals surface area (Å²) in [6.07, 6.45) is 3.47. The highest BCUT2D eigenvalue weighted by atomic mass is 16.5. The Morgan fingerprint density at radius 3 is 2.09 bits per heavy atom. The quantitative estimate of drug-likeness (QED) is 0.398. The van der Waals surface area contributed by atoms with Crippen LogP contribution in [0.15, 0.2) is 24.3 Å². The van der Waals surface area contributed by atoms with Crippen LogP contribution in [-0.4, -0.2) is 18.4 Å². The largest absolute Gasteiger partial charge is 0.466 e. The third kappa shape index (κ3) is 6.42. The monoisotopic (exact) mass is 304 g/mol. The van der Waals surface area contributed by atoms with E-state index in [0.717, 1.165) is 24.8 Å². The maximum absolute atomic E-state index is 12.1. The van der Waals surface area contributed by atoms with Crippen LogP contribution in [0.3, 0.4) is 0 Å². The van der Waals surface area contributed by atoms with Crippen LogP contribution in [0.5, 0.6) is 0 Å². The van der Waals surface area contributed by atoms with Gasteiger partial charge in [0, 0.05) is 18.4 Å². The van der Waals surface area contributed by atoms with Crippen LogP contribution in [0, 0.1) is 0 Å². The number of benzene rings is 1. The average Bonchev–Trinajstić information content (AvgIpc) is 2.46. The van der Waals surface area contributed by atoms with E-state index in [4.69, 9.17) is 4.74 Å². The number of carbonyl (C=O) groups excluding carboxylic acids is 2. The predicted molar refractivity (Wildman–Crippen MR) is 89.2 cm³/mol. The molecule has 0 saturated heterocycles. The molecule has 0 aliphatic rings. The van der Waals surface area contributed by atoms with Gasteiger partial charge >= 0.3 is 5.97 Å². The van der Waals surface area contributed by atoms with E-state index in [9.17, 15) is 9.59 Å². The van der Waals surface area contributed by atoms with E-state index in [0.29, 0.717) is 19.4 Å². The fourth-order valence-corrected chi connectivity index (χ4v) is 2.27. The first-order valence-electron chi connectivity index (χ1n) is 8.14. The first kappa shape index (κ1) is 18.4. The zero-order chi connectivity index (χ0) is 16.6. The minimum atomic E-state index is -0.147. The molecule has 3 nitrogen and oxygen atoms in total. The summed E-state index contributed by atoms with van der Waals surface area (Å²) in [6.45, 7) is 8.72. The van der Waals surface area contributed by atoms with Crippen molar-refractivity contribution < 1.29 is 14.3 Å². The van der Waals surface area contributed by atoms with Crippen molar-refractivity contribution in [2.24, 2.45) is 0 Å². The van der Waals surface area contributed by atoms with Gasteiger partial charge in [0.2, 0.25) is 0 Å². The topological polar surface area (TPSA) is 43.4 Å². The van der Waals surface area contributed by atoms with Crippen molar-refractivity contribution in [2.75, 3.05) is 6.61 Å². The summed E-state index contributed by atoms with van der Waals surface area (Å²) in [4.78, 5) is 23.3. The minimum absolute atomic E-state index is 0.106. The smallest absolute Gasteiger partial charge is 0.305 e. The van der Waals surface area contributed by atoms with Crippen molar-refractivity contribution in [3.63, 3.8) is 0 Å². The molecule has 0 fully saturated rings. The number of hydrogen-bond donors (Lipinski definition) is 0. The molecule has 0 saturated carbocycles. The van der Waals surface area contributed by atoms with Crippen molar-refractivity contribution in [1.29, 1.82) is 0 Å². The molecule has 22 heavy (non-hydrogen) atoms. The second-order valence-electron chi connectivity index (χ2n) is 6.62. The number of ketones is 1. The molecule has 0 aromatic heterocycles. The highest BCUT2D eigenvalue weighted by molar-refractivity contribution is 5.96. The second-order valence-corrected chi connectivity index (χ2v) is 6.62. The van der Waals surface area contributed by atoms with Gasteiger partial charge < -0.3 is 4.74 Å². The number of rotatable bonds is 8. The van der Waals surface area contributed by atoms with Gasteiger partial charge in [0.25, 0.3) is 0 Å². The molecule has 0 atom stereocenters. The van der Waals surface area contributed by atoms with Gasteiger partial charge in [-0.2, -0.15) is 0 Å². The summed E-state index contributed by atoms with van der Waals surface area (Å²) >= 11 is 0. The van der Waals surface area contributed by atoms with Gasteiger partial charge in [-0.1, -0.05) is 51.5 Å². The molecule has 122 valence electrons. The highest BCUT2D eigenvalue weighted by Gasteiger charge is 2.14. The molecular formula is C19H28O3. The van der Waals surface area contributed by atoms with Crippen LogP contribution in [0.2, 0.25) is 0 Å². The van der Waals surface area contributed by atoms with Crippen molar-refractivity contribution in [1.82, 2.24) is 0 Å². The van der Waals surface area contributed by atoms with Crippen molar-refractivity contribution in [3.05, 3.63) is 35.4 Å². The molecule has 0 spiro atoms. The molecule has 0 amide bonds. The molecule has 1 aromatic carbocycles. The van der Waals surface area contributed by atoms with E-state index in [1.807, 2.05) is 31.2 Å². The number of carbonyl (C=O) groups is 2. The summed E-state index contributed by atoms with van der Waals surface area (Å²) in [6, 6.07) is 7.91.